The number of hydrazine groups is 1. The lowest BCUT2D eigenvalue weighted by Gasteiger charge is -2.25. The van der Waals surface area contributed by atoms with Gasteiger partial charge in [-0.3, -0.25) is 5.01 Å². The van der Waals surface area contributed by atoms with Crippen LogP contribution in [0.25, 0.3) is 0 Å². The molecule has 15 heavy (non-hydrogen) atoms. The Balaban J connectivity index is 2.82. The van der Waals surface area contributed by atoms with E-state index in [9.17, 15) is 8.42 Å². The van der Waals surface area contributed by atoms with Crippen molar-refractivity contribution >= 4 is 33.4 Å². The number of hydrogen-bond donors (Lipinski definition) is 2. The first-order chi connectivity index (χ1) is 6.88. The first-order valence-corrected chi connectivity index (χ1v) is 7.24. The van der Waals surface area contributed by atoms with Gasteiger partial charge in [0.05, 0.1) is 0 Å². The van der Waals surface area contributed by atoms with Gasteiger partial charge >= 0.3 is 0 Å². The third-order valence-electron chi connectivity index (χ3n) is 1.63. The molecule has 1 aliphatic rings. The molecule has 1 aliphatic heterocycles. The zero-order valence-corrected chi connectivity index (χ0v) is 11.1. The fourth-order valence-corrected chi connectivity index (χ4v) is 4.47. The Hall–Kier alpha value is 0.0500. The van der Waals surface area contributed by atoms with Crippen LogP contribution in [0.2, 0.25) is 0 Å². The predicted octanol–water partition coefficient (Wildman–Crippen LogP) is 0.819. The SMILES string of the molecule is CNN1C(Cl)=CSC1S(=O)(=O)NC(C)C. The number of sulfonamides is 1. The highest BCUT2D eigenvalue weighted by molar-refractivity contribution is 8.14. The summed E-state index contributed by atoms with van der Waals surface area (Å²) in [5.41, 5.74) is 2.74. The van der Waals surface area contributed by atoms with Gasteiger partial charge in [0, 0.05) is 18.5 Å². The molecule has 2 N–H and O–H groups in total. The summed E-state index contributed by atoms with van der Waals surface area (Å²) in [6, 6.07) is -0.131. The van der Waals surface area contributed by atoms with Gasteiger partial charge in [0.25, 0.3) is 0 Å². The Morgan fingerprint density at radius 1 is 1.60 bits per heavy atom. The molecule has 0 aromatic heterocycles. The maximum Gasteiger partial charge on any atom is 0.244 e. The summed E-state index contributed by atoms with van der Waals surface area (Å²) in [6.07, 6.45) is 0. The minimum absolute atomic E-state index is 0.131. The Morgan fingerprint density at radius 2 is 2.20 bits per heavy atom. The highest BCUT2D eigenvalue weighted by atomic mass is 35.5. The van der Waals surface area contributed by atoms with Crippen LogP contribution in [-0.4, -0.2) is 31.2 Å². The summed E-state index contributed by atoms with van der Waals surface area (Å²) < 4.78 is 25.5. The summed E-state index contributed by atoms with van der Waals surface area (Å²) in [4.78, 5) is 0. The van der Waals surface area contributed by atoms with Gasteiger partial charge in [-0.25, -0.2) is 18.6 Å². The molecule has 0 amide bonds. The van der Waals surface area contributed by atoms with Gasteiger partial charge in [0.15, 0.2) is 0 Å². The first kappa shape index (κ1) is 13.1. The molecule has 5 nitrogen and oxygen atoms in total. The zero-order valence-electron chi connectivity index (χ0n) is 8.69. The monoisotopic (exact) mass is 271 g/mol. The highest BCUT2D eigenvalue weighted by Gasteiger charge is 2.36. The molecule has 0 spiro atoms. The van der Waals surface area contributed by atoms with Crippen LogP contribution in [0.3, 0.4) is 0 Å². The van der Waals surface area contributed by atoms with Gasteiger partial charge in [0.2, 0.25) is 14.7 Å². The number of nitrogens with zero attached hydrogens (tertiary/aromatic N) is 1. The molecule has 0 saturated carbocycles. The average molecular weight is 272 g/mol. The molecular formula is C7H14ClN3O2S2. The summed E-state index contributed by atoms with van der Waals surface area (Å²) in [6.45, 7) is 3.55. The van der Waals surface area contributed by atoms with E-state index < -0.39 is 14.7 Å². The van der Waals surface area contributed by atoms with Crippen LogP contribution in [0.1, 0.15) is 13.8 Å². The van der Waals surface area contributed by atoms with Crippen molar-refractivity contribution in [2.75, 3.05) is 7.05 Å². The van der Waals surface area contributed by atoms with Crippen LogP contribution in [0, 0.1) is 0 Å². The molecule has 1 heterocycles. The van der Waals surface area contributed by atoms with Gasteiger partial charge < -0.3 is 0 Å². The van der Waals surface area contributed by atoms with E-state index in [2.05, 4.69) is 10.1 Å². The van der Waals surface area contributed by atoms with E-state index in [0.29, 0.717) is 5.16 Å². The molecule has 1 atom stereocenters. The fraction of sp³-hybridized carbons (Fsp3) is 0.714. The lowest BCUT2D eigenvalue weighted by atomic mass is 10.4. The second kappa shape index (κ2) is 4.92. The third kappa shape index (κ3) is 3.01. The van der Waals surface area contributed by atoms with E-state index in [4.69, 9.17) is 11.6 Å². The topological polar surface area (TPSA) is 61.4 Å². The van der Waals surface area contributed by atoms with E-state index >= 15 is 0 Å². The summed E-state index contributed by atoms with van der Waals surface area (Å²) in [5, 5.41) is 3.38. The smallest absolute Gasteiger partial charge is 0.244 e. The minimum Gasteiger partial charge on any atom is -0.267 e. The summed E-state index contributed by atoms with van der Waals surface area (Å²) in [7, 11) is -1.79. The molecule has 0 fully saturated rings. The predicted molar refractivity (Wildman–Crippen MR) is 63.4 cm³/mol. The Kier molecular flexibility index (Phi) is 4.30. The number of hydrogen-bond acceptors (Lipinski definition) is 5. The van der Waals surface area contributed by atoms with Crippen LogP contribution in [0.4, 0.5) is 0 Å². The van der Waals surface area contributed by atoms with Crippen LogP contribution in [0.15, 0.2) is 10.6 Å². The second-order valence-electron chi connectivity index (χ2n) is 3.29. The van der Waals surface area contributed by atoms with Crippen molar-refractivity contribution in [3.63, 3.8) is 0 Å². The molecule has 0 aromatic carbocycles. The molecule has 0 aliphatic carbocycles. The Labute approximate surface area is 99.3 Å². The van der Waals surface area contributed by atoms with Gasteiger partial charge in [-0.2, -0.15) is 0 Å². The number of nitrogens with one attached hydrogen (secondary N) is 2. The fourth-order valence-electron chi connectivity index (χ4n) is 1.14. The van der Waals surface area contributed by atoms with Crippen molar-refractivity contribution in [2.45, 2.75) is 24.6 Å². The van der Waals surface area contributed by atoms with E-state index in [-0.39, 0.29) is 6.04 Å². The maximum atomic E-state index is 11.9. The van der Waals surface area contributed by atoms with Gasteiger partial charge in [-0.1, -0.05) is 23.4 Å². The molecule has 1 rings (SSSR count). The van der Waals surface area contributed by atoms with Gasteiger partial charge in [-0.05, 0) is 13.8 Å². The molecule has 0 aromatic rings. The summed E-state index contributed by atoms with van der Waals surface area (Å²) in [5.74, 6) is 0. The number of halogens is 1. The van der Waals surface area contributed by atoms with Crippen molar-refractivity contribution in [3.05, 3.63) is 10.6 Å². The van der Waals surface area contributed by atoms with Crippen molar-refractivity contribution in [1.82, 2.24) is 15.2 Å². The molecule has 88 valence electrons. The van der Waals surface area contributed by atoms with Crippen molar-refractivity contribution in [3.8, 4) is 0 Å². The van der Waals surface area contributed by atoms with E-state index in [0.717, 1.165) is 11.8 Å². The Morgan fingerprint density at radius 3 is 2.67 bits per heavy atom. The second-order valence-corrected chi connectivity index (χ2v) is 6.71. The van der Waals surface area contributed by atoms with E-state index in [1.54, 1.807) is 26.3 Å². The zero-order chi connectivity index (χ0) is 11.6. The van der Waals surface area contributed by atoms with Crippen molar-refractivity contribution in [2.24, 2.45) is 0 Å². The van der Waals surface area contributed by atoms with Crippen molar-refractivity contribution in [1.29, 1.82) is 0 Å². The van der Waals surface area contributed by atoms with Crippen molar-refractivity contribution < 1.29 is 8.42 Å². The Bertz CT molecular complexity index is 355. The quantitative estimate of drug-likeness (QED) is 0.742. The van der Waals surface area contributed by atoms with E-state index in [1.807, 2.05) is 0 Å². The average Bonchev–Trinajstić information content (AvgIpc) is 2.44. The molecule has 8 heteroatoms. The molecule has 1 unspecified atom stereocenters. The van der Waals surface area contributed by atoms with Crippen LogP contribution in [0.5, 0.6) is 0 Å². The van der Waals surface area contributed by atoms with Gasteiger partial charge in [-0.15, -0.1) is 0 Å². The molecule has 0 radical (unpaired) electrons. The van der Waals surface area contributed by atoms with Gasteiger partial charge in [0.1, 0.15) is 5.16 Å². The molecular weight excluding hydrogens is 258 g/mol. The highest BCUT2D eigenvalue weighted by Crippen LogP contribution is 2.33. The number of thioether (sulfide) groups is 1. The minimum atomic E-state index is -3.41. The third-order valence-corrected chi connectivity index (χ3v) is 5.49. The first-order valence-electron chi connectivity index (χ1n) is 4.37. The van der Waals surface area contributed by atoms with E-state index in [1.165, 1.54) is 5.01 Å². The van der Waals surface area contributed by atoms with Crippen LogP contribution >= 0.6 is 23.4 Å². The maximum absolute atomic E-state index is 11.9. The molecule has 0 bridgehead atoms. The number of rotatable bonds is 4. The lowest BCUT2D eigenvalue weighted by Crippen LogP contribution is -2.47. The molecule has 0 saturated heterocycles. The van der Waals surface area contributed by atoms with Crippen LogP contribution < -0.4 is 10.1 Å². The normalized spacial score (nSPS) is 22.3. The summed E-state index contributed by atoms with van der Waals surface area (Å²) >= 11 is 6.98. The standard InChI is InChI=1S/C7H14ClN3O2S2/c1-5(2)10-15(12,13)7-11(9-3)6(8)4-14-7/h4-5,7,9-10H,1-3H3. The largest absolute Gasteiger partial charge is 0.267 e. The lowest BCUT2D eigenvalue weighted by molar-refractivity contribution is 0.316. The van der Waals surface area contributed by atoms with Crippen LogP contribution in [-0.2, 0) is 10.0 Å².